The molecule has 0 aliphatic carbocycles. The number of pyridine rings is 1. The van der Waals surface area contributed by atoms with Crippen LogP contribution in [0.15, 0.2) is 30.5 Å². The molecule has 0 aliphatic heterocycles. The van der Waals surface area contributed by atoms with Crippen molar-refractivity contribution < 1.29 is 4.74 Å². The van der Waals surface area contributed by atoms with Gasteiger partial charge in [-0.25, -0.2) is 4.98 Å². The molecular weight excluding hydrogens is 236 g/mol. The Morgan fingerprint density at radius 1 is 1.21 bits per heavy atom. The van der Waals surface area contributed by atoms with Crippen LogP contribution in [0.2, 0.25) is 0 Å². The molecule has 19 heavy (non-hydrogen) atoms. The average Bonchev–Trinajstić information content (AvgIpc) is 2.37. The smallest absolute Gasteiger partial charge is 0.133 e. The second kappa shape index (κ2) is 5.47. The van der Waals surface area contributed by atoms with Gasteiger partial charge in [0.25, 0.3) is 0 Å². The summed E-state index contributed by atoms with van der Waals surface area (Å²) >= 11 is 0. The monoisotopic (exact) mass is 258 g/mol. The summed E-state index contributed by atoms with van der Waals surface area (Å²) in [6.45, 7) is 7.66. The topological polar surface area (TPSA) is 34.1 Å². The Kier molecular flexibility index (Phi) is 3.93. The first kappa shape index (κ1) is 13.7. The van der Waals surface area contributed by atoms with E-state index in [1.807, 2.05) is 24.4 Å². The Hall–Kier alpha value is -1.77. The van der Waals surface area contributed by atoms with Gasteiger partial charge in [-0.1, -0.05) is 26.8 Å². The third kappa shape index (κ3) is 3.60. The molecule has 1 aromatic carbocycles. The molecule has 0 saturated carbocycles. The number of nitrogens with zero attached hydrogens (tertiary/aromatic N) is 1. The maximum absolute atomic E-state index is 5.28. The van der Waals surface area contributed by atoms with Gasteiger partial charge in [-0.3, -0.25) is 0 Å². The minimum atomic E-state index is 0.329. The molecule has 1 N–H and O–H groups in total. The van der Waals surface area contributed by atoms with E-state index in [0.717, 1.165) is 29.9 Å². The molecule has 3 nitrogen and oxygen atoms in total. The third-order valence-corrected chi connectivity index (χ3v) is 3.14. The summed E-state index contributed by atoms with van der Waals surface area (Å²) in [4.78, 5) is 4.44. The van der Waals surface area contributed by atoms with Crippen molar-refractivity contribution in [2.24, 2.45) is 5.41 Å². The Labute approximate surface area is 115 Å². The summed E-state index contributed by atoms with van der Waals surface area (Å²) in [7, 11) is 1.68. The standard InChI is InChI=1S/C16H22N2O/c1-16(2,3)8-10-18-15-14-11-13(19-4)6-5-12(14)7-9-17-15/h5-7,9,11H,8,10H2,1-4H3,(H,17,18). The van der Waals surface area contributed by atoms with E-state index in [1.54, 1.807) is 7.11 Å². The van der Waals surface area contributed by atoms with Crippen LogP contribution in [0.25, 0.3) is 10.8 Å². The zero-order valence-corrected chi connectivity index (χ0v) is 12.2. The number of nitrogens with one attached hydrogen (secondary N) is 1. The van der Waals surface area contributed by atoms with Gasteiger partial charge in [0.05, 0.1) is 7.11 Å². The van der Waals surface area contributed by atoms with E-state index in [4.69, 9.17) is 4.74 Å². The molecule has 2 rings (SSSR count). The lowest BCUT2D eigenvalue weighted by Crippen LogP contribution is -2.13. The zero-order valence-electron chi connectivity index (χ0n) is 12.2. The van der Waals surface area contributed by atoms with Gasteiger partial charge < -0.3 is 10.1 Å². The lowest BCUT2D eigenvalue weighted by Gasteiger charge is -2.18. The van der Waals surface area contributed by atoms with E-state index < -0.39 is 0 Å². The predicted molar refractivity (Wildman–Crippen MR) is 80.9 cm³/mol. The molecule has 0 bridgehead atoms. The molecular formula is C16H22N2O. The number of anilines is 1. The van der Waals surface area contributed by atoms with Crippen LogP contribution in [0.5, 0.6) is 5.75 Å². The van der Waals surface area contributed by atoms with Crippen molar-refractivity contribution in [3.63, 3.8) is 0 Å². The largest absolute Gasteiger partial charge is 0.497 e. The zero-order chi connectivity index (χ0) is 13.9. The number of hydrogen-bond donors (Lipinski definition) is 1. The fraction of sp³-hybridized carbons (Fsp3) is 0.438. The van der Waals surface area contributed by atoms with Crippen LogP contribution in [0.1, 0.15) is 27.2 Å². The molecule has 0 fully saturated rings. The number of rotatable bonds is 4. The number of fused-ring (bicyclic) bond motifs is 1. The maximum atomic E-state index is 5.28. The van der Waals surface area contributed by atoms with Gasteiger partial charge in [0.2, 0.25) is 0 Å². The summed E-state index contributed by atoms with van der Waals surface area (Å²) in [5, 5.41) is 5.71. The van der Waals surface area contributed by atoms with Crippen LogP contribution >= 0.6 is 0 Å². The molecule has 2 aromatic rings. The first-order valence-electron chi connectivity index (χ1n) is 6.66. The van der Waals surface area contributed by atoms with Gasteiger partial charge in [-0.05, 0) is 35.4 Å². The van der Waals surface area contributed by atoms with E-state index in [-0.39, 0.29) is 0 Å². The van der Waals surface area contributed by atoms with Gasteiger partial charge in [0.15, 0.2) is 0 Å². The summed E-state index contributed by atoms with van der Waals surface area (Å²) in [5.74, 6) is 1.79. The van der Waals surface area contributed by atoms with E-state index in [2.05, 4.69) is 37.1 Å². The van der Waals surface area contributed by atoms with Crippen molar-refractivity contribution >= 4 is 16.6 Å². The highest BCUT2D eigenvalue weighted by Gasteiger charge is 2.10. The molecule has 1 heterocycles. The first-order chi connectivity index (χ1) is 8.99. The fourth-order valence-corrected chi connectivity index (χ4v) is 1.97. The highest BCUT2D eigenvalue weighted by Crippen LogP contribution is 2.26. The molecule has 0 unspecified atom stereocenters. The molecule has 102 valence electrons. The number of hydrogen-bond acceptors (Lipinski definition) is 3. The second-order valence-electron chi connectivity index (χ2n) is 5.98. The van der Waals surface area contributed by atoms with Crippen molar-refractivity contribution in [3.05, 3.63) is 30.5 Å². The lowest BCUT2D eigenvalue weighted by atomic mass is 9.92. The van der Waals surface area contributed by atoms with E-state index >= 15 is 0 Å². The fourth-order valence-electron chi connectivity index (χ4n) is 1.97. The first-order valence-corrected chi connectivity index (χ1v) is 6.66. The predicted octanol–water partition coefficient (Wildman–Crippen LogP) is 4.09. The van der Waals surface area contributed by atoms with Gasteiger partial charge >= 0.3 is 0 Å². The lowest BCUT2D eigenvalue weighted by molar-refractivity contribution is 0.389. The molecule has 0 saturated heterocycles. The van der Waals surface area contributed by atoms with Crippen LogP contribution in [0.3, 0.4) is 0 Å². The quantitative estimate of drug-likeness (QED) is 0.896. The molecule has 0 atom stereocenters. The molecule has 0 radical (unpaired) electrons. The molecule has 0 aliphatic rings. The SMILES string of the molecule is COc1ccc2ccnc(NCCC(C)(C)C)c2c1. The van der Waals surface area contributed by atoms with Crippen LogP contribution in [0.4, 0.5) is 5.82 Å². The van der Waals surface area contributed by atoms with Crippen molar-refractivity contribution in [1.82, 2.24) is 4.98 Å². The Bertz CT molecular complexity index is 558. The second-order valence-corrected chi connectivity index (χ2v) is 5.98. The number of methoxy groups -OCH3 is 1. The number of benzene rings is 1. The molecule has 0 spiro atoms. The minimum Gasteiger partial charge on any atom is -0.497 e. The summed E-state index contributed by atoms with van der Waals surface area (Å²) < 4.78 is 5.28. The van der Waals surface area contributed by atoms with Gasteiger partial charge in [0.1, 0.15) is 11.6 Å². The Balaban J connectivity index is 2.22. The van der Waals surface area contributed by atoms with Gasteiger partial charge in [-0.2, -0.15) is 0 Å². The minimum absolute atomic E-state index is 0.329. The summed E-state index contributed by atoms with van der Waals surface area (Å²) in [6, 6.07) is 8.08. The molecule has 3 heteroatoms. The van der Waals surface area contributed by atoms with Crippen molar-refractivity contribution in [2.75, 3.05) is 19.0 Å². The number of ether oxygens (including phenoxy) is 1. The number of aromatic nitrogens is 1. The van der Waals surface area contributed by atoms with Crippen LogP contribution in [0, 0.1) is 5.41 Å². The van der Waals surface area contributed by atoms with Crippen LogP contribution in [-0.2, 0) is 0 Å². The van der Waals surface area contributed by atoms with Crippen LogP contribution in [-0.4, -0.2) is 18.6 Å². The highest BCUT2D eigenvalue weighted by atomic mass is 16.5. The van der Waals surface area contributed by atoms with Crippen molar-refractivity contribution in [1.29, 1.82) is 0 Å². The Morgan fingerprint density at radius 2 is 2.00 bits per heavy atom. The van der Waals surface area contributed by atoms with Crippen molar-refractivity contribution in [2.45, 2.75) is 27.2 Å². The average molecular weight is 258 g/mol. The van der Waals surface area contributed by atoms with E-state index in [0.29, 0.717) is 5.41 Å². The van der Waals surface area contributed by atoms with Gasteiger partial charge in [-0.15, -0.1) is 0 Å². The van der Waals surface area contributed by atoms with Crippen LogP contribution < -0.4 is 10.1 Å². The Morgan fingerprint density at radius 3 is 2.68 bits per heavy atom. The molecule has 1 aromatic heterocycles. The summed E-state index contributed by atoms with van der Waals surface area (Å²) in [5.41, 5.74) is 0.329. The van der Waals surface area contributed by atoms with E-state index in [1.165, 1.54) is 5.39 Å². The van der Waals surface area contributed by atoms with E-state index in [9.17, 15) is 0 Å². The highest BCUT2D eigenvalue weighted by molar-refractivity contribution is 5.92. The molecule has 0 amide bonds. The normalized spacial score (nSPS) is 11.6. The summed E-state index contributed by atoms with van der Waals surface area (Å²) in [6.07, 6.45) is 2.95. The maximum Gasteiger partial charge on any atom is 0.133 e. The van der Waals surface area contributed by atoms with Crippen molar-refractivity contribution in [3.8, 4) is 5.75 Å². The van der Waals surface area contributed by atoms with Gasteiger partial charge in [0, 0.05) is 18.1 Å². The third-order valence-electron chi connectivity index (χ3n) is 3.14.